The Morgan fingerprint density at radius 3 is 2.27 bits per heavy atom. The third-order valence-electron chi connectivity index (χ3n) is 3.06. The minimum atomic E-state index is -0.117. The third-order valence-corrected chi connectivity index (χ3v) is 3.06. The number of urea groups is 1. The molecule has 15 heavy (non-hydrogen) atoms. The molecular weight excluding hydrogens is 194 g/mol. The van der Waals surface area contributed by atoms with Crippen LogP contribution in [-0.2, 0) is 4.79 Å². The van der Waals surface area contributed by atoms with Crippen molar-refractivity contribution < 1.29 is 9.59 Å². The highest BCUT2D eigenvalue weighted by Crippen LogP contribution is 2.21. The number of carbonyl (C=O) groups excluding carboxylic acids is 2. The summed E-state index contributed by atoms with van der Waals surface area (Å²) in [5.74, 6) is -0.0493. The molecule has 0 saturated carbocycles. The van der Waals surface area contributed by atoms with Gasteiger partial charge in [0.1, 0.15) is 6.54 Å². The van der Waals surface area contributed by atoms with E-state index in [2.05, 4.69) is 4.90 Å². The number of likely N-dealkylation sites (tertiary alicyclic amines) is 1. The predicted octanol–water partition coefficient (Wildman–Crippen LogP) is -0.0270. The van der Waals surface area contributed by atoms with Crippen molar-refractivity contribution in [2.75, 3.05) is 26.7 Å². The maximum absolute atomic E-state index is 11.9. The smallest absolute Gasteiger partial charge is 0.313 e. The van der Waals surface area contributed by atoms with Crippen LogP contribution in [0.3, 0.4) is 0 Å². The first-order valence-corrected chi connectivity index (χ1v) is 5.32. The van der Waals surface area contributed by atoms with Crippen LogP contribution in [-0.4, -0.2) is 65.4 Å². The van der Waals surface area contributed by atoms with Gasteiger partial charge in [-0.25, -0.2) is 4.79 Å². The topological polar surface area (TPSA) is 43.9 Å². The van der Waals surface area contributed by atoms with E-state index in [9.17, 15) is 9.59 Å². The van der Waals surface area contributed by atoms with Crippen LogP contribution < -0.4 is 0 Å². The van der Waals surface area contributed by atoms with Crippen molar-refractivity contribution in [1.29, 1.82) is 0 Å². The molecule has 0 bridgehead atoms. The van der Waals surface area contributed by atoms with Crippen LogP contribution in [0.1, 0.15) is 13.8 Å². The Labute approximate surface area is 89.6 Å². The van der Waals surface area contributed by atoms with E-state index in [4.69, 9.17) is 0 Å². The van der Waals surface area contributed by atoms with E-state index in [1.54, 1.807) is 4.90 Å². The van der Waals surface area contributed by atoms with Crippen LogP contribution in [0, 0.1) is 0 Å². The van der Waals surface area contributed by atoms with E-state index in [0.717, 1.165) is 13.1 Å². The monoisotopic (exact) mass is 211 g/mol. The lowest BCUT2D eigenvalue weighted by atomic mass is 10.1. The van der Waals surface area contributed by atoms with Crippen molar-refractivity contribution in [3.8, 4) is 0 Å². The zero-order valence-corrected chi connectivity index (χ0v) is 9.43. The number of amides is 3. The van der Waals surface area contributed by atoms with Crippen molar-refractivity contribution in [2.45, 2.75) is 25.9 Å². The number of nitrogens with zero attached hydrogens (tertiary/aromatic N) is 3. The van der Waals surface area contributed by atoms with Gasteiger partial charge in [-0.15, -0.1) is 0 Å². The number of hydrogen-bond acceptors (Lipinski definition) is 3. The highest BCUT2D eigenvalue weighted by atomic mass is 16.2. The fourth-order valence-corrected chi connectivity index (χ4v) is 2.13. The average molecular weight is 211 g/mol. The zero-order chi connectivity index (χ0) is 11.2. The Bertz CT molecular complexity index is 297. The molecule has 0 aliphatic carbocycles. The molecule has 5 heteroatoms. The molecule has 0 unspecified atom stereocenters. The molecule has 2 aliphatic heterocycles. The standard InChI is InChI=1S/C10H17N3O2/c1-7(2)12-6-9(14)13(10(12)15)8-4-11(3)5-8/h7-8H,4-6H2,1-3H3. The molecule has 3 amide bonds. The minimum Gasteiger partial charge on any atom is -0.313 e. The molecule has 2 rings (SSSR count). The maximum atomic E-state index is 11.9. The first kappa shape index (κ1) is 10.4. The van der Waals surface area contributed by atoms with Crippen LogP contribution in [0.15, 0.2) is 0 Å². The van der Waals surface area contributed by atoms with E-state index in [-0.39, 0.29) is 30.6 Å². The van der Waals surface area contributed by atoms with Crippen LogP contribution in [0.4, 0.5) is 4.79 Å². The molecule has 0 aromatic rings. The molecular formula is C10H17N3O2. The number of imide groups is 1. The Hall–Kier alpha value is -1.10. The van der Waals surface area contributed by atoms with Gasteiger partial charge in [0.2, 0.25) is 0 Å². The van der Waals surface area contributed by atoms with E-state index in [1.807, 2.05) is 20.9 Å². The molecule has 2 saturated heterocycles. The van der Waals surface area contributed by atoms with Gasteiger partial charge in [0.05, 0.1) is 6.04 Å². The molecule has 2 heterocycles. The largest absolute Gasteiger partial charge is 0.327 e. The molecule has 0 spiro atoms. The van der Waals surface area contributed by atoms with Crippen molar-refractivity contribution in [3.63, 3.8) is 0 Å². The molecule has 2 fully saturated rings. The van der Waals surface area contributed by atoms with Crippen LogP contribution in [0.5, 0.6) is 0 Å². The van der Waals surface area contributed by atoms with E-state index in [0.29, 0.717) is 0 Å². The second-order valence-electron chi connectivity index (χ2n) is 4.64. The van der Waals surface area contributed by atoms with Gasteiger partial charge in [-0.05, 0) is 20.9 Å². The van der Waals surface area contributed by atoms with Gasteiger partial charge in [-0.3, -0.25) is 9.69 Å². The summed E-state index contributed by atoms with van der Waals surface area (Å²) >= 11 is 0. The summed E-state index contributed by atoms with van der Waals surface area (Å²) in [7, 11) is 1.99. The first-order chi connectivity index (χ1) is 7.00. The molecule has 0 aromatic heterocycles. The van der Waals surface area contributed by atoms with Gasteiger partial charge in [0.15, 0.2) is 0 Å². The lowest BCUT2D eigenvalue weighted by molar-refractivity contribution is -0.129. The van der Waals surface area contributed by atoms with Crippen molar-refractivity contribution in [2.24, 2.45) is 0 Å². The van der Waals surface area contributed by atoms with Gasteiger partial charge < -0.3 is 9.80 Å². The van der Waals surface area contributed by atoms with Crippen LogP contribution in [0.25, 0.3) is 0 Å². The molecule has 0 atom stereocenters. The molecule has 2 aliphatic rings. The second kappa shape index (κ2) is 3.48. The summed E-state index contributed by atoms with van der Waals surface area (Å²) in [5, 5.41) is 0. The summed E-state index contributed by atoms with van der Waals surface area (Å²) in [6.45, 7) is 5.73. The molecule has 0 radical (unpaired) electrons. The third kappa shape index (κ3) is 1.61. The highest BCUT2D eigenvalue weighted by molar-refractivity contribution is 6.02. The Morgan fingerprint density at radius 1 is 1.27 bits per heavy atom. The molecule has 84 valence electrons. The summed E-state index contributed by atoms with van der Waals surface area (Å²) < 4.78 is 0. The fourth-order valence-electron chi connectivity index (χ4n) is 2.13. The highest BCUT2D eigenvalue weighted by Gasteiger charge is 2.44. The molecule has 0 N–H and O–H groups in total. The Kier molecular flexibility index (Phi) is 2.42. The summed E-state index contributed by atoms with van der Waals surface area (Å²) in [4.78, 5) is 28.8. The zero-order valence-electron chi connectivity index (χ0n) is 9.43. The van der Waals surface area contributed by atoms with Gasteiger partial charge in [0, 0.05) is 19.1 Å². The number of likely N-dealkylation sites (N-methyl/N-ethyl adjacent to an activating group) is 1. The van der Waals surface area contributed by atoms with E-state index >= 15 is 0 Å². The minimum absolute atomic E-state index is 0.0493. The summed E-state index contributed by atoms with van der Waals surface area (Å²) in [5.41, 5.74) is 0. The first-order valence-electron chi connectivity index (χ1n) is 5.32. The predicted molar refractivity (Wildman–Crippen MR) is 55.4 cm³/mol. The van der Waals surface area contributed by atoms with Gasteiger partial charge in [-0.2, -0.15) is 0 Å². The molecule has 5 nitrogen and oxygen atoms in total. The normalized spacial score (nSPS) is 24.3. The SMILES string of the molecule is CC(C)N1CC(=O)N(C2CN(C)C2)C1=O. The van der Waals surface area contributed by atoms with Crippen LogP contribution >= 0.6 is 0 Å². The number of hydrogen-bond donors (Lipinski definition) is 0. The Balaban J connectivity index is 2.07. The Morgan fingerprint density at radius 2 is 1.87 bits per heavy atom. The van der Waals surface area contributed by atoms with Gasteiger partial charge >= 0.3 is 6.03 Å². The summed E-state index contributed by atoms with van der Waals surface area (Å²) in [6.07, 6.45) is 0. The molecule has 0 aromatic carbocycles. The van der Waals surface area contributed by atoms with Gasteiger partial charge in [-0.1, -0.05) is 0 Å². The van der Waals surface area contributed by atoms with Crippen molar-refractivity contribution in [1.82, 2.24) is 14.7 Å². The van der Waals surface area contributed by atoms with Crippen LogP contribution in [0.2, 0.25) is 0 Å². The average Bonchev–Trinajstić information content (AvgIpc) is 2.38. The quantitative estimate of drug-likeness (QED) is 0.603. The van der Waals surface area contributed by atoms with Crippen molar-refractivity contribution in [3.05, 3.63) is 0 Å². The van der Waals surface area contributed by atoms with E-state index < -0.39 is 0 Å². The maximum Gasteiger partial charge on any atom is 0.327 e. The fraction of sp³-hybridized carbons (Fsp3) is 0.800. The number of carbonyl (C=O) groups is 2. The van der Waals surface area contributed by atoms with Crippen molar-refractivity contribution >= 4 is 11.9 Å². The number of rotatable bonds is 2. The lowest BCUT2D eigenvalue weighted by Crippen LogP contribution is -2.59. The second-order valence-corrected chi connectivity index (χ2v) is 4.64. The van der Waals surface area contributed by atoms with E-state index in [1.165, 1.54) is 4.90 Å². The van der Waals surface area contributed by atoms with Gasteiger partial charge in [0.25, 0.3) is 5.91 Å². The lowest BCUT2D eigenvalue weighted by Gasteiger charge is -2.40. The summed E-state index contributed by atoms with van der Waals surface area (Å²) in [6, 6.07) is 0.0797.